The molecule has 0 aliphatic heterocycles. The van der Waals surface area contributed by atoms with E-state index in [1.165, 1.54) is 0 Å². The Labute approximate surface area is 99.2 Å². The Kier molecular flexibility index (Phi) is 3.18. The van der Waals surface area contributed by atoms with Crippen molar-refractivity contribution in [2.45, 2.75) is 6.42 Å². The van der Waals surface area contributed by atoms with Gasteiger partial charge in [0, 0.05) is 18.1 Å². The zero-order valence-electron chi connectivity index (χ0n) is 9.77. The lowest BCUT2D eigenvalue weighted by atomic mass is 10.1. The van der Waals surface area contributed by atoms with Gasteiger partial charge in [0.1, 0.15) is 17.3 Å². The van der Waals surface area contributed by atoms with E-state index in [1.54, 1.807) is 20.4 Å². The number of hydrogen-bond donors (Lipinski definition) is 1. The quantitative estimate of drug-likeness (QED) is 0.874. The van der Waals surface area contributed by atoms with Gasteiger partial charge in [0.2, 0.25) is 0 Å². The number of nitrogen functional groups attached to an aromatic ring is 1. The van der Waals surface area contributed by atoms with E-state index < -0.39 is 0 Å². The molecule has 0 atom stereocenters. The fourth-order valence-electron chi connectivity index (χ4n) is 1.59. The summed E-state index contributed by atoms with van der Waals surface area (Å²) in [5.74, 6) is 2.20. The van der Waals surface area contributed by atoms with E-state index in [-0.39, 0.29) is 6.01 Å². The molecule has 0 amide bonds. The van der Waals surface area contributed by atoms with Crippen molar-refractivity contribution >= 4 is 6.01 Å². The molecule has 5 heteroatoms. The van der Waals surface area contributed by atoms with Crippen molar-refractivity contribution in [2.75, 3.05) is 20.0 Å². The minimum atomic E-state index is 0.174. The topological polar surface area (TPSA) is 70.5 Å². The Hall–Kier alpha value is -2.17. The van der Waals surface area contributed by atoms with Crippen LogP contribution in [0.5, 0.6) is 11.5 Å². The van der Waals surface area contributed by atoms with Gasteiger partial charge in [0.15, 0.2) is 0 Å². The van der Waals surface area contributed by atoms with Gasteiger partial charge in [0.25, 0.3) is 6.01 Å². The van der Waals surface area contributed by atoms with Gasteiger partial charge in [-0.2, -0.15) is 0 Å². The summed E-state index contributed by atoms with van der Waals surface area (Å²) in [4.78, 5) is 3.85. The third kappa shape index (κ3) is 2.50. The van der Waals surface area contributed by atoms with E-state index in [0.29, 0.717) is 12.2 Å². The molecule has 0 bridgehead atoms. The van der Waals surface area contributed by atoms with Crippen LogP contribution >= 0.6 is 0 Å². The Morgan fingerprint density at radius 3 is 2.71 bits per heavy atom. The van der Waals surface area contributed by atoms with Gasteiger partial charge in [0.05, 0.1) is 20.4 Å². The summed E-state index contributed by atoms with van der Waals surface area (Å²) in [6, 6.07) is 5.80. The van der Waals surface area contributed by atoms with Crippen molar-refractivity contribution in [3.05, 3.63) is 35.7 Å². The lowest BCUT2D eigenvalue weighted by molar-refractivity contribution is 0.390. The maximum atomic E-state index is 5.42. The lowest BCUT2D eigenvalue weighted by Gasteiger charge is -2.08. The average Bonchev–Trinajstić information content (AvgIpc) is 2.75. The van der Waals surface area contributed by atoms with Crippen molar-refractivity contribution < 1.29 is 13.9 Å². The summed E-state index contributed by atoms with van der Waals surface area (Å²) in [6.45, 7) is 0. The maximum absolute atomic E-state index is 5.42. The number of aromatic nitrogens is 1. The van der Waals surface area contributed by atoms with Crippen LogP contribution in [0.25, 0.3) is 0 Å². The molecule has 1 aromatic carbocycles. The smallest absolute Gasteiger partial charge is 0.292 e. The summed E-state index contributed by atoms with van der Waals surface area (Å²) < 4.78 is 15.6. The van der Waals surface area contributed by atoms with E-state index in [0.717, 1.165) is 17.1 Å². The van der Waals surface area contributed by atoms with Crippen molar-refractivity contribution in [3.8, 4) is 11.5 Å². The largest absolute Gasteiger partial charge is 0.497 e. The molecule has 0 aliphatic rings. The maximum Gasteiger partial charge on any atom is 0.292 e. The highest BCUT2D eigenvalue weighted by Gasteiger charge is 2.08. The van der Waals surface area contributed by atoms with E-state index in [1.807, 2.05) is 18.2 Å². The molecule has 2 aromatic rings. The number of benzene rings is 1. The number of anilines is 1. The second kappa shape index (κ2) is 4.78. The zero-order valence-corrected chi connectivity index (χ0v) is 9.77. The monoisotopic (exact) mass is 234 g/mol. The van der Waals surface area contributed by atoms with Crippen LogP contribution in [0, 0.1) is 0 Å². The number of nitrogens with zero attached hydrogens (tertiary/aromatic N) is 1. The van der Waals surface area contributed by atoms with Gasteiger partial charge >= 0.3 is 0 Å². The molecular formula is C12H14N2O3. The molecule has 0 fully saturated rings. The van der Waals surface area contributed by atoms with Gasteiger partial charge < -0.3 is 19.6 Å². The number of rotatable bonds is 4. The molecule has 0 unspecified atom stereocenters. The van der Waals surface area contributed by atoms with Crippen LogP contribution in [-0.4, -0.2) is 19.2 Å². The van der Waals surface area contributed by atoms with E-state index >= 15 is 0 Å². The van der Waals surface area contributed by atoms with Gasteiger partial charge in [-0.3, -0.25) is 0 Å². The van der Waals surface area contributed by atoms with Crippen molar-refractivity contribution in [1.82, 2.24) is 4.98 Å². The fraction of sp³-hybridized carbons (Fsp3) is 0.250. The standard InChI is InChI=1S/C12H14N2O3/c1-15-9-4-3-8(11(6-9)16-2)5-10-7-14-12(13)17-10/h3-4,6-7H,5H2,1-2H3,(H2,13,14). The van der Waals surface area contributed by atoms with Gasteiger partial charge in [-0.25, -0.2) is 4.98 Å². The molecule has 0 spiro atoms. The van der Waals surface area contributed by atoms with Crippen molar-refractivity contribution in [2.24, 2.45) is 0 Å². The Morgan fingerprint density at radius 1 is 1.29 bits per heavy atom. The Balaban J connectivity index is 2.26. The minimum Gasteiger partial charge on any atom is -0.497 e. The molecule has 90 valence electrons. The molecule has 0 radical (unpaired) electrons. The number of oxazole rings is 1. The summed E-state index contributed by atoms with van der Waals surface area (Å²) in [6.07, 6.45) is 2.19. The van der Waals surface area contributed by atoms with E-state index in [2.05, 4.69) is 4.98 Å². The predicted molar refractivity (Wildman–Crippen MR) is 63.3 cm³/mol. The first-order chi connectivity index (χ1) is 8.22. The second-order valence-electron chi connectivity index (χ2n) is 3.52. The highest BCUT2D eigenvalue weighted by Crippen LogP contribution is 2.26. The van der Waals surface area contributed by atoms with Crippen LogP contribution in [0.15, 0.2) is 28.8 Å². The van der Waals surface area contributed by atoms with Gasteiger partial charge in [-0.15, -0.1) is 0 Å². The lowest BCUT2D eigenvalue weighted by Crippen LogP contribution is -1.94. The number of hydrogen-bond acceptors (Lipinski definition) is 5. The number of ether oxygens (including phenoxy) is 2. The first-order valence-corrected chi connectivity index (χ1v) is 5.14. The van der Waals surface area contributed by atoms with Crippen LogP contribution in [0.2, 0.25) is 0 Å². The van der Waals surface area contributed by atoms with Crippen LogP contribution < -0.4 is 15.2 Å². The molecule has 1 heterocycles. The van der Waals surface area contributed by atoms with Crippen molar-refractivity contribution in [3.63, 3.8) is 0 Å². The highest BCUT2D eigenvalue weighted by molar-refractivity contribution is 5.42. The molecule has 1 aromatic heterocycles. The third-order valence-electron chi connectivity index (χ3n) is 2.43. The molecule has 2 N–H and O–H groups in total. The SMILES string of the molecule is COc1ccc(Cc2cnc(N)o2)c(OC)c1. The highest BCUT2D eigenvalue weighted by atomic mass is 16.5. The second-order valence-corrected chi connectivity index (χ2v) is 3.52. The Bertz CT molecular complexity index is 508. The minimum absolute atomic E-state index is 0.174. The van der Waals surface area contributed by atoms with Crippen molar-refractivity contribution in [1.29, 1.82) is 0 Å². The fourth-order valence-corrected chi connectivity index (χ4v) is 1.59. The Morgan fingerprint density at radius 2 is 2.12 bits per heavy atom. The number of nitrogens with two attached hydrogens (primary N) is 1. The third-order valence-corrected chi connectivity index (χ3v) is 2.43. The molecule has 2 rings (SSSR count). The van der Waals surface area contributed by atoms with Crippen LogP contribution in [0.4, 0.5) is 6.01 Å². The van der Waals surface area contributed by atoms with Gasteiger partial charge in [-0.05, 0) is 6.07 Å². The first-order valence-electron chi connectivity index (χ1n) is 5.14. The average molecular weight is 234 g/mol. The molecule has 0 saturated heterocycles. The van der Waals surface area contributed by atoms with Crippen LogP contribution in [-0.2, 0) is 6.42 Å². The zero-order chi connectivity index (χ0) is 12.3. The van der Waals surface area contributed by atoms with Crippen LogP contribution in [0.1, 0.15) is 11.3 Å². The molecular weight excluding hydrogens is 220 g/mol. The number of methoxy groups -OCH3 is 2. The molecule has 0 aliphatic carbocycles. The van der Waals surface area contributed by atoms with Gasteiger partial charge in [-0.1, -0.05) is 6.07 Å². The first kappa shape index (κ1) is 11.3. The molecule has 5 nitrogen and oxygen atoms in total. The van der Waals surface area contributed by atoms with E-state index in [4.69, 9.17) is 19.6 Å². The summed E-state index contributed by atoms with van der Waals surface area (Å²) >= 11 is 0. The normalized spacial score (nSPS) is 10.2. The summed E-state index contributed by atoms with van der Waals surface area (Å²) in [5, 5.41) is 0. The summed E-state index contributed by atoms with van der Waals surface area (Å²) in [5.41, 5.74) is 6.41. The molecule has 0 saturated carbocycles. The molecule has 17 heavy (non-hydrogen) atoms. The summed E-state index contributed by atoms with van der Waals surface area (Å²) in [7, 11) is 3.23. The van der Waals surface area contributed by atoms with E-state index in [9.17, 15) is 0 Å². The van der Waals surface area contributed by atoms with Crippen LogP contribution in [0.3, 0.4) is 0 Å². The predicted octanol–water partition coefficient (Wildman–Crippen LogP) is 1.86.